The van der Waals surface area contributed by atoms with Crippen LogP contribution in [0.25, 0.3) is 5.65 Å². The van der Waals surface area contributed by atoms with Crippen LogP contribution >= 0.6 is 0 Å². The average molecular weight is 495 g/mol. The van der Waals surface area contributed by atoms with Crippen molar-refractivity contribution in [2.45, 2.75) is 38.5 Å². The first-order valence-corrected chi connectivity index (χ1v) is 11.1. The van der Waals surface area contributed by atoms with E-state index >= 15 is 0 Å². The zero-order chi connectivity index (χ0) is 24.5. The molecule has 4 rings (SSSR count). The normalized spacial score (nSPS) is 14.4. The number of alkyl halides is 2. The van der Waals surface area contributed by atoms with Gasteiger partial charge in [0.2, 0.25) is 0 Å². The molecule has 3 aromatic rings. The smallest absolute Gasteiger partial charge is 0.262 e. The summed E-state index contributed by atoms with van der Waals surface area (Å²) < 4.78 is 56.2. The highest BCUT2D eigenvalue weighted by Gasteiger charge is 2.24. The molecule has 0 radical (unpaired) electrons. The minimum absolute atomic E-state index is 0. The third-order valence-corrected chi connectivity index (χ3v) is 5.80. The molecule has 1 fully saturated rings. The molecule has 2 N–H and O–H groups in total. The van der Waals surface area contributed by atoms with E-state index in [2.05, 4.69) is 10.3 Å². The molecule has 2 aromatic heterocycles. The molecule has 35 heavy (non-hydrogen) atoms. The Morgan fingerprint density at radius 1 is 1.14 bits per heavy atom. The predicted molar refractivity (Wildman–Crippen MR) is 123 cm³/mol. The van der Waals surface area contributed by atoms with Gasteiger partial charge in [0.25, 0.3) is 11.8 Å². The van der Waals surface area contributed by atoms with Crippen molar-refractivity contribution >= 4 is 23.0 Å². The number of anilines is 1. The fourth-order valence-electron chi connectivity index (χ4n) is 4.09. The largest absolute Gasteiger partial charge is 0.378 e. The monoisotopic (exact) mass is 495 g/mol. The third-order valence-electron chi connectivity index (χ3n) is 5.80. The van der Waals surface area contributed by atoms with Gasteiger partial charge < -0.3 is 10.2 Å². The fourth-order valence-corrected chi connectivity index (χ4v) is 4.09. The van der Waals surface area contributed by atoms with Gasteiger partial charge in [0.15, 0.2) is 11.5 Å². The van der Waals surface area contributed by atoms with Crippen LogP contribution in [-0.2, 0) is 0 Å². The minimum atomic E-state index is -3.04. The summed E-state index contributed by atoms with van der Waals surface area (Å²) >= 11 is 0. The first-order valence-electron chi connectivity index (χ1n) is 11.1. The lowest BCUT2D eigenvalue weighted by Gasteiger charge is -2.22. The van der Waals surface area contributed by atoms with Gasteiger partial charge in [-0.2, -0.15) is 0 Å². The number of halogens is 5. The standard InChI is InChI=1S/C24H25F4N5O.FH/c1-24(27,28)14-31-19-10-15(23(34)32-8-4-2-3-5-9-32)6-7-17(19)21(29)20-12-30-22-18(26)11-16(25)13-33(20)22;/h6-7,10-13,29,31H,2-5,8-9,14H2,1H3;1H. The molecule has 11 heteroatoms. The molecule has 0 atom stereocenters. The molecule has 1 saturated heterocycles. The maximum Gasteiger partial charge on any atom is 0.262 e. The number of aromatic nitrogens is 2. The Kier molecular flexibility index (Phi) is 7.76. The molecule has 0 aliphatic carbocycles. The van der Waals surface area contributed by atoms with Crippen molar-refractivity contribution in [2.24, 2.45) is 0 Å². The summed E-state index contributed by atoms with van der Waals surface area (Å²) in [6, 6.07) is 5.16. The molecule has 1 amide bonds. The minimum Gasteiger partial charge on any atom is -0.378 e. The number of hydrogen-bond donors (Lipinski definition) is 2. The first-order chi connectivity index (χ1) is 16.1. The Morgan fingerprint density at radius 2 is 1.83 bits per heavy atom. The number of hydrogen-bond acceptors (Lipinski definition) is 4. The molecule has 1 aliphatic rings. The number of likely N-dealkylation sites (tertiary alicyclic amines) is 1. The molecule has 0 spiro atoms. The number of amides is 1. The van der Waals surface area contributed by atoms with Crippen LogP contribution in [0.15, 0.2) is 36.7 Å². The van der Waals surface area contributed by atoms with Gasteiger partial charge in [-0.15, -0.1) is 0 Å². The van der Waals surface area contributed by atoms with E-state index in [9.17, 15) is 22.4 Å². The van der Waals surface area contributed by atoms with Crippen molar-refractivity contribution in [3.8, 4) is 0 Å². The summed E-state index contributed by atoms with van der Waals surface area (Å²) in [4.78, 5) is 18.7. The quantitative estimate of drug-likeness (QED) is 0.362. The number of rotatable bonds is 6. The van der Waals surface area contributed by atoms with E-state index < -0.39 is 24.1 Å². The van der Waals surface area contributed by atoms with Gasteiger partial charge in [-0.05, 0) is 31.0 Å². The Hall–Kier alpha value is -3.50. The lowest BCUT2D eigenvalue weighted by molar-refractivity contribution is 0.0367. The van der Waals surface area contributed by atoms with Crippen molar-refractivity contribution in [1.82, 2.24) is 14.3 Å². The van der Waals surface area contributed by atoms with E-state index in [1.807, 2.05) is 0 Å². The highest BCUT2D eigenvalue weighted by molar-refractivity contribution is 6.14. The number of nitrogens with one attached hydrogen (secondary N) is 2. The third kappa shape index (κ3) is 5.77. The zero-order valence-corrected chi connectivity index (χ0v) is 19.1. The lowest BCUT2D eigenvalue weighted by Crippen LogP contribution is -2.32. The second-order valence-electron chi connectivity index (χ2n) is 8.61. The number of imidazole rings is 1. The second kappa shape index (κ2) is 10.4. The van der Waals surface area contributed by atoms with Gasteiger partial charge in [-0.25, -0.2) is 22.5 Å². The van der Waals surface area contributed by atoms with Gasteiger partial charge in [-0.3, -0.25) is 19.3 Å². The van der Waals surface area contributed by atoms with E-state index in [1.165, 1.54) is 24.4 Å². The zero-order valence-electron chi connectivity index (χ0n) is 19.1. The van der Waals surface area contributed by atoms with Crippen molar-refractivity contribution in [1.29, 1.82) is 5.41 Å². The van der Waals surface area contributed by atoms with E-state index in [0.717, 1.165) is 43.2 Å². The Morgan fingerprint density at radius 3 is 2.49 bits per heavy atom. The molecule has 1 aliphatic heterocycles. The maximum atomic E-state index is 14.1. The number of carbonyl (C=O) groups is 1. The molecule has 1 aromatic carbocycles. The molecule has 6 nitrogen and oxygen atoms in total. The van der Waals surface area contributed by atoms with Gasteiger partial charge in [0, 0.05) is 49.1 Å². The molecular weight excluding hydrogens is 469 g/mol. The molecule has 0 saturated carbocycles. The number of pyridine rings is 1. The van der Waals surface area contributed by atoms with Crippen LogP contribution in [0, 0.1) is 17.0 Å². The topological polar surface area (TPSA) is 73.5 Å². The van der Waals surface area contributed by atoms with Crippen molar-refractivity contribution in [3.05, 3.63) is 65.1 Å². The summed E-state index contributed by atoms with van der Waals surface area (Å²) in [6.45, 7) is 1.30. The summed E-state index contributed by atoms with van der Waals surface area (Å²) in [6.07, 6.45) is 6.14. The highest BCUT2D eigenvalue weighted by Crippen LogP contribution is 2.26. The maximum absolute atomic E-state index is 14.1. The Balaban J connectivity index is 0.00000342. The van der Waals surface area contributed by atoms with Crippen LogP contribution in [0.2, 0.25) is 0 Å². The van der Waals surface area contributed by atoms with Gasteiger partial charge in [-0.1, -0.05) is 12.8 Å². The molecule has 3 heterocycles. The van der Waals surface area contributed by atoms with E-state index in [1.54, 1.807) is 4.90 Å². The van der Waals surface area contributed by atoms with Crippen molar-refractivity contribution in [2.75, 3.05) is 25.0 Å². The van der Waals surface area contributed by atoms with Crippen LogP contribution in [0.5, 0.6) is 0 Å². The van der Waals surface area contributed by atoms with Gasteiger partial charge in [0.05, 0.1) is 24.1 Å². The number of benzene rings is 1. The highest BCUT2D eigenvalue weighted by atomic mass is 19.3. The van der Waals surface area contributed by atoms with E-state index in [-0.39, 0.29) is 38.9 Å². The van der Waals surface area contributed by atoms with Crippen LogP contribution in [0.4, 0.5) is 28.0 Å². The molecule has 0 unspecified atom stereocenters. The van der Waals surface area contributed by atoms with Crippen molar-refractivity contribution in [3.63, 3.8) is 0 Å². The van der Waals surface area contributed by atoms with Crippen molar-refractivity contribution < 1.29 is 27.1 Å². The second-order valence-corrected chi connectivity index (χ2v) is 8.61. The summed E-state index contributed by atoms with van der Waals surface area (Å²) in [7, 11) is 0. The van der Waals surface area contributed by atoms with Crippen LogP contribution in [-0.4, -0.2) is 51.5 Å². The SMILES string of the molecule is CC(F)(F)CNc1cc(C(=O)N2CCCCCC2)ccc1C(=N)c1cnc2c(F)cc(F)cn12.F. The molecule has 188 valence electrons. The number of carbonyl (C=O) groups excluding carboxylic acids is 1. The lowest BCUT2D eigenvalue weighted by atomic mass is 10.0. The summed E-state index contributed by atoms with van der Waals surface area (Å²) in [5.74, 6) is -4.98. The van der Waals surface area contributed by atoms with Crippen LogP contribution in [0.3, 0.4) is 0 Å². The summed E-state index contributed by atoms with van der Waals surface area (Å²) in [5, 5.41) is 11.3. The Bertz CT molecular complexity index is 1230. The number of nitrogens with zero attached hydrogens (tertiary/aromatic N) is 3. The predicted octanol–water partition coefficient (Wildman–Crippen LogP) is 5.26. The first kappa shape index (κ1) is 26.1. The van der Waals surface area contributed by atoms with Gasteiger partial charge in [0.1, 0.15) is 5.82 Å². The fraction of sp³-hybridized carbons (Fsp3) is 0.375. The van der Waals surface area contributed by atoms with Crippen LogP contribution in [0.1, 0.15) is 54.2 Å². The summed E-state index contributed by atoms with van der Waals surface area (Å²) in [5.41, 5.74) is 0.390. The van der Waals surface area contributed by atoms with E-state index in [4.69, 9.17) is 5.41 Å². The van der Waals surface area contributed by atoms with Gasteiger partial charge >= 0.3 is 0 Å². The Labute approximate surface area is 198 Å². The average Bonchev–Trinajstić information content (AvgIpc) is 3.02. The van der Waals surface area contributed by atoms with Crippen LogP contribution < -0.4 is 5.32 Å². The molecule has 0 bridgehead atoms. The molecular formula is C24H26F5N5O. The van der Waals surface area contributed by atoms with E-state index in [0.29, 0.717) is 24.7 Å². The number of fused-ring (bicyclic) bond motifs is 1.